The van der Waals surface area contributed by atoms with Gasteiger partial charge in [-0.2, -0.15) is 0 Å². The second kappa shape index (κ2) is 4.68. The van der Waals surface area contributed by atoms with Gasteiger partial charge < -0.3 is 10.3 Å². The molecule has 0 unspecified atom stereocenters. The predicted molar refractivity (Wildman–Crippen MR) is 78.8 cm³/mol. The van der Waals surface area contributed by atoms with Crippen LogP contribution in [0.5, 0.6) is 0 Å². The van der Waals surface area contributed by atoms with Gasteiger partial charge >= 0.3 is 0 Å². The molecule has 3 rings (SSSR count). The van der Waals surface area contributed by atoms with Crippen molar-refractivity contribution in [3.05, 3.63) is 21.5 Å². The van der Waals surface area contributed by atoms with E-state index in [0.29, 0.717) is 9.52 Å². The molecule has 1 fully saturated rings. The fraction of sp³-hybridized carbons (Fsp3) is 0.462. The third-order valence-corrected chi connectivity index (χ3v) is 4.34. The summed E-state index contributed by atoms with van der Waals surface area (Å²) < 4.78 is 16.1. The normalized spacial score (nSPS) is 15.4. The lowest BCUT2D eigenvalue weighted by atomic mass is 10.2. The van der Waals surface area contributed by atoms with Crippen LogP contribution >= 0.6 is 22.6 Å². The molecule has 0 amide bonds. The van der Waals surface area contributed by atoms with Crippen molar-refractivity contribution < 1.29 is 4.39 Å². The zero-order valence-electron chi connectivity index (χ0n) is 10.00. The van der Waals surface area contributed by atoms with E-state index in [0.717, 1.165) is 29.9 Å². The standard InChI is InChI=1S/C13H15FIN3/c14-9-6-12-11(7-10(9)15)17-13(16)18(12)5-1-2-8-3-4-8/h6-8H,1-5H2,(H2,16,17). The lowest BCUT2D eigenvalue weighted by Gasteiger charge is -2.06. The van der Waals surface area contributed by atoms with Crippen LogP contribution in [-0.2, 0) is 6.54 Å². The molecule has 18 heavy (non-hydrogen) atoms. The summed E-state index contributed by atoms with van der Waals surface area (Å²) in [7, 11) is 0. The lowest BCUT2D eigenvalue weighted by molar-refractivity contribution is 0.588. The molecule has 5 heteroatoms. The number of hydrogen-bond acceptors (Lipinski definition) is 2. The van der Waals surface area contributed by atoms with E-state index in [2.05, 4.69) is 4.98 Å². The highest BCUT2D eigenvalue weighted by atomic mass is 127. The summed E-state index contributed by atoms with van der Waals surface area (Å²) in [5.41, 5.74) is 7.50. The molecule has 1 aliphatic rings. The van der Waals surface area contributed by atoms with Crippen LogP contribution in [0.15, 0.2) is 12.1 Å². The highest BCUT2D eigenvalue weighted by Gasteiger charge is 2.20. The number of aryl methyl sites for hydroxylation is 1. The van der Waals surface area contributed by atoms with Crippen LogP contribution in [0.2, 0.25) is 0 Å². The highest BCUT2D eigenvalue weighted by molar-refractivity contribution is 14.1. The second-order valence-electron chi connectivity index (χ2n) is 4.96. The van der Waals surface area contributed by atoms with Gasteiger partial charge in [-0.25, -0.2) is 9.37 Å². The Bertz CT molecular complexity index is 589. The van der Waals surface area contributed by atoms with Crippen LogP contribution in [0.4, 0.5) is 10.3 Å². The first-order valence-corrected chi connectivity index (χ1v) is 7.34. The summed E-state index contributed by atoms with van der Waals surface area (Å²) >= 11 is 1.97. The smallest absolute Gasteiger partial charge is 0.201 e. The van der Waals surface area contributed by atoms with Crippen LogP contribution in [-0.4, -0.2) is 9.55 Å². The predicted octanol–water partition coefficient (Wildman–Crippen LogP) is 3.55. The van der Waals surface area contributed by atoms with Crippen molar-refractivity contribution in [2.75, 3.05) is 5.73 Å². The molecule has 0 saturated heterocycles. The van der Waals surface area contributed by atoms with E-state index in [4.69, 9.17) is 5.73 Å². The van der Waals surface area contributed by atoms with Gasteiger partial charge in [-0.15, -0.1) is 0 Å². The molecule has 96 valence electrons. The minimum atomic E-state index is -0.202. The summed E-state index contributed by atoms with van der Waals surface area (Å²) in [6, 6.07) is 3.29. The molecule has 2 aromatic rings. The number of imidazole rings is 1. The molecule has 1 aliphatic carbocycles. The number of hydrogen-bond donors (Lipinski definition) is 1. The van der Waals surface area contributed by atoms with Crippen molar-refractivity contribution >= 4 is 39.6 Å². The Morgan fingerprint density at radius 3 is 2.94 bits per heavy atom. The van der Waals surface area contributed by atoms with Gasteiger partial charge in [-0.1, -0.05) is 12.8 Å². The van der Waals surface area contributed by atoms with Crippen LogP contribution in [0.1, 0.15) is 25.7 Å². The maximum atomic E-state index is 13.6. The Morgan fingerprint density at radius 1 is 1.44 bits per heavy atom. The van der Waals surface area contributed by atoms with Crippen LogP contribution < -0.4 is 5.73 Å². The zero-order valence-corrected chi connectivity index (χ0v) is 12.2. The van der Waals surface area contributed by atoms with Crippen molar-refractivity contribution in [3.8, 4) is 0 Å². The summed E-state index contributed by atoms with van der Waals surface area (Å²) in [5.74, 6) is 1.20. The SMILES string of the molecule is Nc1nc2cc(I)c(F)cc2n1CCCC1CC1. The molecule has 1 aromatic heterocycles. The number of aromatic nitrogens is 2. The Morgan fingerprint density at radius 2 is 2.22 bits per heavy atom. The van der Waals surface area contributed by atoms with Gasteiger partial charge in [0, 0.05) is 12.6 Å². The first-order chi connectivity index (χ1) is 8.65. The topological polar surface area (TPSA) is 43.8 Å². The summed E-state index contributed by atoms with van der Waals surface area (Å²) in [6.45, 7) is 0.832. The summed E-state index contributed by atoms with van der Waals surface area (Å²) in [5, 5.41) is 0. The molecule has 0 aliphatic heterocycles. The van der Waals surface area contributed by atoms with E-state index >= 15 is 0 Å². The van der Waals surface area contributed by atoms with Gasteiger partial charge in [-0.3, -0.25) is 0 Å². The zero-order chi connectivity index (χ0) is 12.7. The fourth-order valence-electron chi connectivity index (χ4n) is 2.32. The van der Waals surface area contributed by atoms with E-state index in [9.17, 15) is 4.39 Å². The molecule has 0 spiro atoms. The quantitative estimate of drug-likeness (QED) is 0.849. The number of benzene rings is 1. The Hall–Kier alpha value is -0.850. The van der Waals surface area contributed by atoms with E-state index in [1.807, 2.05) is 27.2 Å². The Labute approximate surface area is 119 Å². The van der Waals surface area contributed by atoms with Crippen molar-refractivity contribution in [2.45, 2.75) is 32.2 Å². The van der Waals surface area contributed by atoms with Gasteiger partial charge in [0.05, 0.1) is 14.6 Å². The van der Waals surface area contributed by atoms with Crippen molar-refractivity contribution in [3.63, 3.8) is 0 Å². The molecular weight excluding hydrogens is 344 g/mol. The van der Waals surface area contributed by atoms with Crippen LogP contribution in [0.3, 0.4) is 0 Å². The van der Waals surface area contributed by atoms with Gasteiger partial charge in [-0.05, 0) is 47.4 Å². The lowest BCUT2D eigenvalue weighted by Crippen LogP contribution is -2.03. The first-order valence-electron chi connectivity index (χ1n) is 6.26. The molecule has 2 N–H and O–H groups in total. The number of nitrogen functional groups attached to an aromatic ring is 1. The van der Waals surface area contributed by atoms with E-state index in [-0.39, 0.29) is 5.82 Å². The highest BCUT2D eigenvalue weighted by Crippen LogP contribution is 2.34. The monoisotopic (exact) mass is 359 g/mol. The Balaban J connectivity index is 1.88. The number of rotatable bonds is 4. The molecule has 0 atom stereocenters. The summed E-state index contributed by atoms with van der Waals surface area (Å²) in [6.07, 6.45) is 5.07. The second-order valence-corrected chi connectivity index (χ2v) is 6.12. The molecule has 3 nitrogen and oxygen atoms in total. The third-order valence-electron chi connectivity index (χ3n) is 3.51. The van der Waals surface area contributed by atoms with Gasteiger partial charge in [0.25, 0.3) is 0 Å². The number of nitrogens with zero attached hydrogens (tertiary/aromatic N) is 2. The summed E-state index contributed by atoms with van der Waals surface area (Å²) in [4.78, 5) is 4.30. The maximum absolute atomic E-state index is 13.6. The minimum Gasteiger partial charge on any atom is -0.369 e. The van der Waals surface area contributed by atoms with Crippen LogP contribution in [0, 0.1) is 15.3 Å². The largest absolute Gasteiger partial charge is 0.369 e. The molecule has 0 bridgehead atoms. The average molecular weight is 359 g/mol. The molecule has 1 aromatic carbocycles. The van der Waals surface area contributed by atoms with E-state index < -0.39 is 0 Å². The molecule has 1 saturated carbocycles. The van der Waals surface area contributed by atoms with E-state index in [1.54, 1.807) is 6.07 Å². The first kappa shape index (κ1) is 12.2. The molecule has 1 heterocycles. The third kappa shape index (κ3) is 2.32. The average Bonchev–Trinajstić information content (AvgIpc) is 3.09. The van der Waals surface area contributed by atoms with Gasteiger partial charge in [0.15, 0.2) is 0 Å². The Kier molecular flexibility index (Phi) is 3.17. The van der Waals surface area contributed by atoms with Crippen molar-refractivity contribution in [1.82, 2.24) is 9.55 Å². The fourth-order valence-corrected chi connectivity index (χ4v) is 2.77. The van der Waals surface area contributed by atoms with Crippen LogP contribution in [0.25, 0.3) is 11.0 Å². The van der Waals surface area contributed by atoms with Crippen molar-refractivity contribution in [2.24, 2.45) is 5.92 Å². The van der Waals surface area contributed by atoms with E-state index in [1.165, 1.54) is 25.3 Å². The number of halogens is 2. The maximum Gasteiger partial charge on any atom is 0.201 e. The number of fused-ring (bicyclic) bond motifs is 1. The number of anilines is 1. The van der Waals surface area contributed by atoms with Crippen molar-refractivity contribution in [1.29, 1.82) is 0 Å². The molecule has 0 radical (unpaired) electrons. The molecular formula is C13H15FIN3. The van der Waals surface area contributed by atoms with Gasteiger partial charge in [0.2, 0.25) is 5.95 Å². The number of nitrogens with two attached hydrogens (primary N) is 1. The minimum absolute atomic E-state index is 0.202. The van der Waals surface area contributed by atoms with Gasteiger partial charge in [0.1, 0.15) is 5.82 Å².